The summed E-state index contributed by atoms with van der Waals surface area (Å²) in [5.74, 6) is -0.154. The molecule has 2 rings (SSSR count). The summed E-state index contributed by atoms with van der Waals surface area (Å²) in [4.78, 5) is 22.6. The van der Waals surface area contributed by atoms with Gasteiger partial charge in [-0.3, -0.25) is 9.59 Å². The zero-order chi connectivity index (χ0) is 14.5. The lowest BCUT2D eigenvalue weighted by atomic mass is 10.0. The van der Waals surface area contributed by atoms with Gasteiger partial charge >= 0.3 is 0 Å². The van der Waals surface area contributed by atoms with Crippen LogP contribution >= 0.6 is 12.4 Å². The standard InChI is InChI=1S/C14H19N3O3.ClH/c15-12-3-1-2-11(12)14(19)17-9-4-6-10(7-5-9)20-8-13(16)18;/h4-7,11-12H,1-3,8,15H2,(H2,16,18)(H,17,19);1H. The van der Waals surface area contributed by atoms with E-state index in [0.717, 1.165) is 19.3 Å². The number of primary amides is 1. The molecule has 0 bridgehead atoms. The van der Waals surface area contributed by atoms with Gasteiger partial charge in [0, 0.05) is 11.7 Å². The Morgan fingerprint density at radius 2 is 1.90 bits per heavy atom. The number of ether oxygens (including phenoxy) is 1. The van der Waals surface area contributed by atoms with E-state index in [4.69, 9.17) is 16.2 Å². The van der Waals surface area contributed by atoms with Crippen molar-refractivity contribution in [2.75, 3.05) is 11.9 Å². The van der Waals surface area contributed by atoms with Crippen LogP contribution in [0.1, 0.15) is 19.3 Å². The van der Waals surface area contributed by atoms with Crippen LogP contribution in [0, 0.1) is 5.92 Å². The number of hydrogen-bond acceptors (Lipinski definition) is 4. The fraction of sp³-hybridized carbons (Fsp3) is 0.429. The van der Waals surface area contributed by atoms with Gasteiger partial charge in [-0.2, -0.15) is 0 Å². The summed E-state index contributed by atoms with van der Waals surface area (Å²) in [7, 11) is 0. The highest BCUT2D eigenvalue weighted by atomic mass is 35.5. The first kappa shape index (κ1) is 17.3. The first-order chi connectivity index (χ1) is 9.56. The lowest BCUT2D eigenvalue weighted by molar-refractivity contribution is -0.120. The van der Waals surface area contributed by atoms with Crippen LogP contribution in [-0.2, 0) is 9.59 Å². The predicted molar refractivity (Wildman–Crippen MR) is 82.3 cm³/mol. The molecule has 1 aliphatic rings. The average molecular weight is 314 g/mol. The number of anilines is 1. The van der Waals surface area contributed by atoms with Crippen molar-refractivity contribution in [3.63, 3.8) is 0 Å². The van der Waals surface area contributed by atoms with Gasteiger partial charge in [-0.25, -0.2) is 0 Å². The zero-order valence-corrected chi connectivity index (χ0v) is 12.4. The molecule has 2 atom stereocenters. The summed E-state index contributed by atoms with van der Waals surface area (Å²) in [5, 5.41) is 2.84. The molecule has 5 N–H and O–H groups in total. The van der Waals surface area contributed by atoms with E-state index in [-0.39, 0.29) is 36.9 Å². The molecule has 7 heteroatoms. The van der Waals surface area contributed by atoms with Crippen LogP contribution in [0.4, 0.5) is 5.69 Å². The highest BCUT2D eigenvalue weighted by molar-refractivity contribution is 5.93. The number of hydrogen-bond donors (Lipinski definition) is 3. The van der Waals surface area contributed by atoms with Crippen molar-refractivity contribution in [1.29, 1.82) is 0 Å². The maximum atomic E-state index is 12.0. The number of amides is 2. The zero-order valence-electron chi connectivity index (χ0n) is 11.6. The van der Waals surface area contributed by atoms with Crippen molar-refractivity contribution in [3.8, 4) is 5.75 Å². The summed E-state index contributed by atoms with van der Waals surface area (Å²) < 4.78 is 5.14. The van der Waals surface area contributed by atoms with Crippen molar-refractivity contribution in [2.45, 2.75) is 25.3 Å². The SMILES string of the molecule is Cl.NC(=O)COc1ccc(NC(=O)C2CCCC2N)cc1. The molecule has 0 spiro atoms. The largest absolute Gasteiger partial charge is 0.484 e. The number of benzene rings is 1. The van der Waals surface area contributed by atoms with Crippen LogP contribution in [-0.4, -0.2) is 24.5 Å². The van der Waals surface area contributed by atoms with Crippen molar-refractivity contribution in [3.05, 3.63) is 24.3 Å². The number of halogens is 1. The maximum absolute atomic E-state index is 12.0. The molecule has 0 radical (unpaired) electrons. The van der Waals surface area contributed by atoms with Gasteiger partial charge in [0.1, 0.15) is 5.75 Å². The number of rotatable bonds is 5. The second-order valence-corrected chi connectivity index (χ2v) is 4.97. The molecule has 1 saturated carbocycles. The topological polar surface area (TPSA) is 107 Å². The molecule has 1 aromatic carbocycles. The van der Waals surface area contributed by atoms with Gasteiger partial charge < -0.3 is 21.5 Å². The van der Waals surface area contributed by atoms with Crippen LogP contribution in [0.25, 0.3) is 0 Å². The molecule has 1 aliphatic carbocycles. The lowest BCUT2D eigenvalue weighted by Gasteiger charge is -2.15. The number of carbonyl (C=O) groups is 2. The van der Waals surface area contributed by atoms with Gasteiger partial charge in [-0.05, 0) is 37.1 Å². The van der Waals surface area contributed by atoms with E-state index in [1.165, 1.54) is 0 Å². The minimum atomic E-state index is -0.530. The molecular formula is C14H20ClN3O3. The Hall–Kier alpha value is -1.79. The van der Waals surface area contributed by atoms with Gasteiger partial charge in [0.05, 0.1) is 5.92 Å². The Balaban J connectivity index is 0.00000220. The predicted octanol–water partition coefficient (Wildman–Crippen LogP) is 1.04. The summed E-state index contributed by atoms with van der Waals surface area (Å²) in [6, 6.07) is 6.73. The summed E-state index contributed by atoms with van der Waals surface area (Å²) in [5.41, 5.74) is 11.6. The van der Waals surface area contributed by atoms with E-state index in [2.05, 4.69) is 5.32 Å². The van der Waals surface area contributed by atoms with E-state index in [9.17, 15) is 9.59 Å². The van der Waals surface area contributed by atoms with E-state index in [1.807, 2.05) is 0 Å². The molecule has 1 aromatic rings. The molecule has 2 amide bonds. The third-order valence-corrected chi connectivity index (χ3v) is 3.41. The van der Waals surface area contributed by atoms with Gasteiger partial charge in [0.15, 0.2) is 6.61 Å². The normalized spacial score (nSPS) is 20.4. The first-order valence-electron chi connectivity index (χ1n) is 6.64. The highest BCUT2D eigenvalue weighted by Gasteiger charge is 2.30. The van der Waals surface area contributed by atoms with E-state index in [1.54, 1.807) is 24.3 Å². The number of carbonyl (C=O) groups excluding carboxylic acids is 2. The van der Waals surface area contributed by atoms with Crippen LogP contribution < -0.4 is 21.5 Å². The van der Waals surface area contributed by atoms with Gasteiger partial charge in [0.2, 0.25) is 5.91 Å². The Kier molecular flexibility index (Phi) is 6.45. The number of nitrogens with two attached hydrogens (primary N) is 2. The smallest absolute Gasteiger partial charge is 0.255 e. The van der Waals surface area contributed by atoms with E-state index >= 15 is 0 Å². The van der Waals surface area contributed by atoms with Crippen molar-refractivity contribution >= 4 is 29.9 Å². The minimum absolute atomic E-state index is 0. The summed E-state index contributed by atoms with van der Waals surface area (Å²) in [6.07, 6.45) is 2.74. The third-order valence-electron chi connectivity index (χ3n) is 3.41. The van der Waals surface area contributed by atoms with Crippen molar-refractivity contribution < 1.29 is 14.3 Å². The summed E-state index contributed by atoms with van der Waals surface area (Å²) >= 11 is 0. The molecule has 0 saturated heterocycles. The molecule has 1 fully saturated rings. The monoisotopic (exact) mass is 313 g/mol. The molecule has 2 unspecified atom stereocenters. The second-order valence-electron chi connectivity index (χ2n) is 4.97. The lowest BCUT2D eigenvalue weighted by Crippen LogP contribution is -2.34. The quantitative estimate of drug-likeness (QED) is 0.754. The van der Waals surface area contributed by atoms with Crippen LogP contribution in [0.2, 0.25) is 0 Å². The Morgan fingerprint density at radius 3 is 2.43 bits per heavy atom. The van der Waals surface area contributed by atoms with Crippen LogP contribution in [0.5, 0.6) is 5.75 Å². The fourth-order valence-electron chi connectivity index (χ4n) is 2.34. The van der Waals surface area contributed by atoms with Gasteiger partial charge in [0.25, 0.3) is 5.91 Å². The Bertz CT molecular complexity index is 493. The molecule has 0 heterocycles. The Labute approximate surface area is 129 Å². The molecule has 116 valence electrons. The first-order valence-corrected chi connectivity index (χ1v) is 6.64. The molecule has 6 nitrogen and oxygen atoms in total. The van der Waals surface area contributed by atoms with Crippen LogP contribution in [0.3, 0.4) is 0 Å². The van der Waals surface area contributed by atoms with E-state index < -0.39 is 5.91 Å². The summed E-state index contributed by atoms with van der Waals surface area (Å²) in [6.45, 7) is -0.164. The number of nitrogens with one attached hydrogen (secondary N) is 1. The van der Waals surface area contributed by atoms with Crippen molar-refractivity contribution in [1.82, 2.24) is 0 Å². The second kappa shape index (κ2) is 7.85. The maximum Gasteiger partial charge on any atom is 0.255 e. The molecular weight excluding hydrogens is 294 g/mol. The minimum Gasteiger partial charge on any atom is -0.484 e. The average Bonchev–Trinajstić information content (AvgIpc) is 2.84. The van der Waals surface area contributed by atoms with Crippen molar-refractivity contribution in [2.24, 2.45) is 17.4 Å². The van der Waals surface area contributed by atoms with E-state index in [0.29, 0.717) is 11.4 Å². The Morgan fingerprint density at radius 1 is 1.24 bits per heavy atom. The van der Waals surface area contributed by atoms with Crippen LogP contribution in [0.15, 0.2) is 24.3 Å². The fourth-order valence-corrected chi connectivity index (χ4v) is 2.34. The highest BCUT2D eigenvalue weighted by Crippen LogP contribution is 2.25. The van der Waals surface area contributed by atoms with Gasteiger partial charge in [-0.15, -0.1) is 12.4 Å². The molecule has 0 aromatic heterocycles. The molecule has 21 heavy (non-hydrogen) atoms. The molecule has 0 aliphatic heterocycles. The third kappa shape index (κ3) is 4.91. The van der Waals surface area contributed by atoms with Gasteiger partial charge in [-0.1, -0.05) is 6.42 Å².